The molecule has 0 aromatic carbocycles. The molecule has 3 heteroatoms. The van der Waals surface area contributed by atoms with Gasteiger partial charge in [-0.25, -0.2) is 0 Å². The zero-order chi connectivity index (χ0) is 10.4. The molecule has 84 valence electrons. The number of ether oxygens (including phenoxy) is 1. The molecule has 3 nitrogen and oxygen atoms in total. The summed E-state index contributed by atoms with van der Waals surface area (Å²) in [5.41, 5.74) is 0. The van der Waals surface area contributed by atoms with E-state index in [1.165, 1.54) is 19.4 Å². The molecule has 1 N–H and O–H groups in total. The molecule has 1 saturated heterocycles. The van der Waals surface area contributed by atoms with Crippen LogP contribution in [0.4, 0.5) is 0 Å². The molecule has 2 atom stereocenters. The second-order valence-corrected chi connectivity index (χ2v) is 4.28. The molecule has 0 aromatic rings. The van der Waals surface area contributed by atoms with E-state index < -0.39 is 0 Å². The van der Waals surface area contributed by atoms with Crippen molar-refractivity contribution in [3.8, 4) is 0 Å². The maximum absolute atomic E-state index is 5.42. The smallest absolute Gasteiger partial charge is 0.0510 e. The minimum atomic E-state index is 0.592. The summed E-state index contributed by atoms with van der Waals surface area (Å²) in [5, 5.41) is 3.41. The number of hydrogen-bond donors (Lipinski definition) is 1. The Morgan fingerprint density at radius 1 is 1.57 bits per heavy atom. The Hall–Kier alpha value is -0.120. The summed E-state index contributed by atoms with van der Waals surface area (Å²) in [6.07, 6.45) is 2.44. The maximum atomic E-state index is 5.42. The van der Waals surface area contributed by atoms with Crippen molar-refractivity contribution >= 4 is 0 Å². The molecule has 1 rings (SSSR count). The zero-order valence-electron chi connectivity index (χ0n) is 9.75. The Bertz CT molecular complexity index is 146. The zero-order valence-corrected chi connectivity index (χ0v) is 9.75. The number of likely N-dealkylation sites (N-methyl/N-ethyl adjacent to an activating group) is 2. The van der Waals surface area contributed by atoms with Crippen molar-refractivity contribution in [2.45, 2.75) is 25.8 Å². The van der Waals surface area contributed by atoms with E-state index in [1.54, 1.807) is 0 Å². The molecule has 0 amide bonds. The number of nitrogens with one attached hydrogen (secondary N) is 1. The average molecular weight is 200 g/mol. The lowest BCUT2D eigenvalue weighted by molar-refractivity contribution is 0.168. The molecule has 0 aliphatic carbocycles. The van der Waals surface area contributed by atoms with Gasteiger partial charge in [0.1, 0.15) is 0 Å². The molecule has 2 unspecified atom stereocenters. The van der Waals surface area contributed by atoms with Crippen molar-refractivity contribution in [3.63, 3.8) is 0 Å². The van der Waals surface area contributed by atoms with Gasteiger partial charge < -0.3 is 15.0 Å². The third kappa shape index (κ3) is 3.56. The molecule has 0 saturated carbocycles. The molecular formula is C11H24N2O. The van der Waals surface area contributed by atoms with E-state index in [0.717, 1.165) is 19.8 Å². The minimum Gasteiger partial charge on any atom is -0.381 e. The lowest BCUT2D eigenvalue weighted by Gasteiger charge is -2.27. The van der Waals surface area contributed by atoms with Crippen LogP contribution in [-0.2, 0) is 4.74 Å². The molecule has 1 aliphatic heterocycles. The topological polar surface area (TPSA) is 24.5 Å². The van der Waals surface area contributed by atoms with Crippen molar-refractivity contribution in [1.29, 1.82) is 0 Å². The van der Waals surface area contributed by atoms with Gasteiger partial charge in [0.05, 0.1) is 6.61 Å². The molecule has 1 aliphatic rings. The maximum Gasteiger partial charge on any atom is 0.0510 e. The molecule has 14 heavy (non-hydrogen) atoms. The van der Waals surface area contributed by atoms with Crippen LogP contribution in [0.15, 0.2) is 0 Å². The fraction of sp³-hybridized carbons (Fsp3) is 1.00. The van der Waals surface area contributed by atoms with E-state index in [1.807, 2.05) is 0 Å². The number of nitrogens with zero attached hydrogens (tertiary/aromatic N) is 1. The standard InChI is InChI=1S/C11H24N2O/c1-4-6-13(3)8-11(12-2)10-5-7-14-9-10/h10-12H,4-9H2,1-3H3. The summed E-state index contributed by atoms with van der Waals surface area (Å²) >= 11 is 0. The Morgan fingerprint density at radius 2 is 2.36 bits per heavy atom. The number of rotatable bonds is 6. The van der Waals surface area contributed by atoms with Gasteiger partial charge in [-0.2, -0.15) is 0 Å². The predicted molar refractivity (Wildman–Crippen MR) is 59.6 cm³/mol. The normalized spacial score (nSPS) is 24.4. The van der Waals surface area contributed by atoms with Gasteiger partial charge in [0.15, 0.2) is 0 Å². The Labute approximate surface area is 87.8 Å². The highest BCUT2D eigenvalue weighted by Gasteiger charge is 2.25. The van der Waals surface area contributed by atoms with Crippen LogP contribution >= 0.6 is 0 Å². The first-order valence-corrected chi connectivity index (χ1v) is 5.71. The first-order valence-electron chi connectivity index (χ1n) is 5.71. The fourth-order valence-corrected chi connectivity index (χ4v) is 2.15. The fourth-order valence-electron chi connectivity index (χ4n) is 2.15. The van der Waals surface area contributed by atoms with Gasteiger partial charge in [0.25, 0.3) is 0 Å². The van der Waals surface area contributed by atoms with Gasteiger partial charge in [-0.15, -0.1) is 0 Å². The van der Waals surface area contributed by atoms with E-state index in [2.05, 4.69) is 31.2 Å². The minimum absolute atomic E-state index is 0.592. The second kappa shape index (κ2) is 6.38. The lowest BCUT2D eigenvalue weighted by atomic mass is 9.99. The van der Waals surface area contributed by atoms with Crippen LogP contribution in [0.25, 0.3) is 0 Å². The van der Waals surface area contributed by atoms with Crippen LogP contribution in [-0.4, -0.2) is 51.3 Å². The van der Waals surface area contributed by atoms with Crippen molar-refractivity contribution in [2.24, 2.45) is 5.92 Å². The largest absolute Gasteiger partial charge is 0.381 e. The van der Waals surface area contributed by atoms with Gasteiger partial charge in [0.2, 0.25) is 0 Å². The molecule has 1 heterocycles. The van der Waals surface area contributed by atoms with Crippen molar-refractivity contribution in [3.05, 3.63) is 0 Å². The van der Waals surface area contributed by atoms with Crippen molar-refractivity contribution in [2.75, 3.05) is 40.4 Å². The van der Waals surface area contributed by atoms with E-state index in [9.17, 15) is 0 Å². The Balaban J connectivity index is 2.29. The summed E-state index contributed by atoms with van der Waals surface area (Å²) in [6, 6.07) is 0.592. The summed E-state index contributed by atoms with van der Waals surface area (Å²) in [6.45, 7) is 6.43. The van der Waals surface area contributed by atoms with Crippen molar-refractivity contribution in [1.82, 2.24) is 10.2 Å². The first-order chi connectivity index (χ1) is 6.77. The van der Waals surface area contributed by atoms with Crippen molar-refractivity contribution < 1.29 is 4.74 Å². The summed E-state index contributed by atoms with van der Waals surface area (Å²) in [7, 11) is 4.26. The molecule has 0 spiro atoms. The highest BCUT2D eigenvalue weighted by Crippen LogP contribution is 2.17. The first kappa shape index (κ1) is 12.0. The van der Waals surface area contributed by atoms with Gasteiger partial charge in [-0.3, -0.25) is 0 Å². The van der Waals surface area contributed by atoms with Crippen LogP contribution in [0, 0.1) is 5.92 Å². The van der Waals surface area contributed by atoms with Crippen LogP contribution in [0.3, 0.4) is 0 Å². The Morgan fingerprint density at radius 3 is 2.86 bits per heavy atom. The summed E-state index contributed by atoms with van der Waals surface area (Å²) in [5.74, 6) is 0.708. The highest BCUT2D eigenvalue weighted by atomic mass is 16.5. The number of hydrogen-bond acceptors (Lipinski definition) is 3. The monoisotopic (exact) mass is 200 g/mol. The summed E-state index contributed by atoms with van der Waals surface area (Å²) in [4.78, 5) is 2.40. The SMILES string of the molecule is CCCN(C)CC(NC)C1CCOC1. The molecule has 0 aromatic heterocycles. The third-order valence-electron chi connectivity index (χ3n) is 3.02. The van der Waals surface area contributed by atoms with E-state index in [4.69, 9.17) is 4.74 Å². The van der Waals surface area contributed by atoms with Crippen LogP contribution in [0.1, 0.15) is 19.8 Å². The van der Waals surface area contributed by atoms with Crippen LogP contribution in [0.5, 0.6) is 0 Å². The predicted octanol–water partition coefficient (Wildman–Crippen LogP) is 0.953. The van der Waals surface area contributed by atoms with E-state index >= 15 is 0 Å². The van der Waals surface area contributed by atoms with Gasteiger partial charge in [-0.05, 0) is 33.5 Å². The third-order valence-corrected chi connectivity index (χ3v) is 3.02. The van der Waals surface area contributed by atoms with E-state index in [0.29, 0.717) is 12.0 Å². The summed E-state index contributed by atoms with van der Waals surface area (Å²) < 4.78 is 5.42. The van der Waals surface area contributed by atoms with Crippen LogP contribution in [0.2, 0.25) is 0 Å². The molecule has 0 bridgehead atoms. The van der Waals surface area contributed by atoms with Gasteiger partial charge in [0, 0.05) is 25.1 Å². The quantitative estimate of drug-likeness (QED) is 0.691. The molecule has 0 radical (unpaired) electrons. The average Bonchev–Trinajstić information content (AvgIpc) is 2.67. The van der Waals surface area contributed by atoms with Crippen LogP contribution < -0.4 is 5.32 Å². The lowest BCUT2D eigenvalue weighted by Crippen LogP contribution is -2.43. The molecular weight excluding hydrogens is 176 g/mol. The molecule has 1 fully saturated rings. The highest BCUT2D eigenvalue weighted by molar-refractivity contribution is 4.80. The van der Waals surface area contributed by atoms with Gasteiger partial charge in [-0.1, -0.05) is 6.92 Å². The Kier molecular flexibility index (Phi) is 5.45. The van der Waals surface area contributed by atoms with Gasteiger partial charge >= 0.3 is 0 Å². The van der Waals surface area contributed by atoms with E-state index in [-0.39, 0.29) is 0 Å². The second-order valence-electron chi connectivity index (χ2n) is 4.28.